The van der Waals surface area contributed by atoms with Crippen LogP contribution in [0.3, 0.4) is 0 Å². The van der Waals surface area contributed by atoms with Crippen LogP contribution in [-0.4, -0.2) is 62.0 Å². The van der Waals surface area contributed by atoms with E-state index in [0.29, 0.717) is 19.6 Å². The Balaban J connectivity index is 1.76. The Morgan fingerprint density at radius 3 is 2.20 bits per heavy atom. The summed E-state index contributed by atoms with van der Waals surface area (Å²) in [6.45, 7) is 3.44. The van der Waals surface area contributed by atoms with Gasteiger partial charge in [0, 0.05) is 25.6 Å². The monoisotopic (exact) mass is 303 g/mol. The van der Waals surface area contributed by atoms with Gasteiger partial charge in [-0.3, -0.25) is 4.79 Å². The molecule has 0 aromatic heterocycles. The van der Waals surface area contributed by atoms with E-state index in [-0.39, 0.29) is 17.6 Å². The minimum atomic E-state index is -3.11. The molecule has 0 spiro atoms. The fourth-order valence-electron chi connectivity index (χ4n) is 2.96. The quantitative estimate of drug-likeness (QED) is 0.775. The lowest BCUT2D eigenvalue weighted by Crippen LogP contribution is -2.43. The topological polar surface area (TPSA) is 83.7 Å². The molecular formula is C13H25N3O3S. The zero-order valence-electron chi connectivity index (χ0n) is 12.0. The van der Waals surface area contributed by atoms with E-state index in [2.05, 4.69) is 4.90 Å². The Morgan fingerprint density at radius 1 is 1.05 bits per heavy atom. The molecule has 0 aromatic rings. The van der Waals surface area contributed by atoms with E-state index >= 15 is 0 Å². The Morgan fingerprint density at radius 2 is 1.65 bits per heavy atom. The number of hydrogen-bond donors (Lipinski definition) is 1. The summed E-state index contributed by atoms with van der Waals surface area (Å²) < 4.78 is 26.1. The van der Waals surface area contributed by atoms with Gasteiger partial charge >= 0.3 is 0 Å². The molecule has 2 heterocycles. The Hall–Kier alpha value is -0.660. The van der Waals surface area contributed by atoms with Crippen molar-refractivity contribution >= 4 is 15.9 Å². The molecule has 2 aliphatic heterocycles. The van der Waals surface area contributed by atoms with Crippen molar-refractivity contribution in [3.05, 3.63) is 0 Å². The van der Waals surface area contributed by atoms with Crippen LogP contribution in [0.1, 0.15) is 32.1 Å². The number of primary amides is 1. The first-order chi connectivity index (χ1) is 9.49. The smallest absolute Gasteiger partial charge is 0.220 e. The number of nitrogens with two attached hydrogens (primary N) is 1. The van der Waals surface area contributed by atoms with Gasteiger partial charge in [-0.25, -0.2) is 12.7 Å². The highest BCUT2D eigenvalue weighted by atomic mass is 32.2. The lowest BCUT2D eigenvalue weighted by Gasteiger charge is -2.31. The Labute approximate surface area is 121 Å². The summed E-state index contributed by atoms with van der Waals surface area (Å²) in [5, 5.41) is 0. The molecular weight excluding hydrogens is 278 g/mol. The molecule has 6 nitrogen and oxygen atoms in total. The second kappa shape index (κ2) is 6.87. The van der Waals surface area contributed by atoms with Crippen molar-refractivity contribution in [2.75, 3.05) is 38.5 Å². The molecule has 2 aliphatic rings. The summed E-state index contributed by atoms with van der Waals surface area (Å²) in [6.07, 6.45) is 4.58. The Kier molecular flexibility index (Phi) is 5.40. The average molecular weight is 303 g/mol. The molecule has 0 unspecified atom stereocenters. The van der Waals surface area contributed by atoms with Gasteiger partial charge in [0.25, 0.3) is 0 Å². The molecule has 2 N–H and O–H groups in total. The standard InChI is InChI=1S/C13H25N3O3S/c14-13(17)12-4-8-15(9-5-12)10-11-20(18,19)16-6-2-1-3-7-16/h12H,1-11H2,(H2,14,17). The van der Waals surface area contributed by atoms with Crippen molar-refractivity contribution in [3.8, 4) is 0 Å². The number of carbonyl (C=O) groups excluding carboxylic acids is 1. The van der Waals surface area contributed by atoms with Crippen LogP contribution in [0.15, 0.2) is 0 Å². The second-order valence-corrected chi connectivity index (χ2v) is 7.88. The third-order valence-electron chi connectivity index (χ3n) is 4.36. The molecule has 0 atom stereocenters. The van der Waals surface area contributed by atoms with Gasteiger partial charge in [0.2, 0.25) is 15.9 Å². The van der Waals surface area contributed by atoms with Crippen LogP contribution < -0.4 is 5.73 Å². The molecule has 0 aromatic carbocycles. The molecule has 0 saturated carbocycles. The number of amides is 1. The van der Waals surface area contributed by atoms with E-state index in [1.807, 2.05) is 0 Å². The summed E-state index contributed by atoms with van der Waals surface area (Å²) in [6, 6.07) is 0. The molecule has 116 valence electrons. The summed E-state index contributed by atoms with van der Waals surface area (Å²) in [4.78, 5) is 13.2. The predicted octanol–water partition coefficient (Wildman–Crippen LogP) is -0.000600. The SMILES string of the molecule is NC(=O)C1CCN(CCS(=O)(=O)N2CCCCC2)CC1. The van der Waals surface area contributed by atoms with E-state index in [1.54, 1.807) is 4.31 Å². The van der Waals surface area contributed by atoms with E-state index in [9.17, 15) is 13.2 Å². The maximum absolute atomic E-state index is 12.2. The molecule has 0 radical (unpaired) electrons. The fraction of sp³-hybridized carbons (Fsp3) is 0.923. The minimum absolute atomic E-state index is 0.0371. The number of nitrogens with zero attached hydrogens (tertiary/aromatic N) is 2. The fourth-order valence-corrected chi connectivity index (χ4v) is 4.52. The van der Waals surface area contributed by atoms with Crippen LogP contribution in [0.4, 0.5) is 0 Å². The van der Waals surface area contributed by atoms with Crippen molar-refractivity contribution < 1.29 is 13.2 Å². The third kappa shape index (κ3) is 4.17. The summed E-state index contributed by atoms with van der Waals surface area (Å²) in [5.41, 5.74) is 5.29. The molecule has 20 heavy (non-hydrogen) atoms. The van der Waals surface area contributed by atoms with Gasteiger partial charge in [0.1, 0.15) is 0 Å². The Bertz CT molecular complexity index is 424. The van der Waals surface area contributed by atoms with Crippen molar-refractivity contribution in [3.63, 3.8) is 0 Å². The highest BCUT2D eigenvalue weighted by molar-refractivity contribution is 7.89. The molecule has 1 amide bonds. The van der Waals surface area contributed by atoms with Gasteiger partial charge in [0.15, 0.2) is 0 Å². The molecule has 2 fully saturated rings. The predicted molar refractivity (Wildman–Crippen MR) is 77.6 cm³/mol. The first kappa shape index (κ1) is 15.7. The molecule has 0 bridgehead atoms. The number of sulfonamides is 1. The molecule has 2 rings (SSSR count). The summed E-state index contributed by atoms with van der Waals surface area (Å²) in [7, 11) is -3.11. The third-order valence-corrected chi connectivity index (χ3v) is 6.21. The van der Waals surface area contributed by atoms with E-state index in [4.69, 9.17) is 5.73 Å². The van der Waals surface area contributed by atoms with Crippen LogP contribution in [-0.2, 0) is 14.8 Å². The van der Waals surface area contributed by atoms with Crippen LogP contribution >= 0.6 is 0 Å². The maximum atomic E-state index is 12.2. The lowest BCUT2D eigenvalue weighted by atomic mass is 9.96. The number of piperidine rings is 2. The van der Waals surface area contributed by atoms with Crippen molar-refractivity contribution in [1.29, 1.82) is 0 Å². The highest BCUT2D eigenvalue weighted by Crippen LogP contribution is 2.17. The summed E-state index contributed by atoms with van der Waals surface area (Å²) >= 11 is 0. The molecule has 0 aliphatic carbocycles. The summed E-state index contributed by atoms with van der Waals surface area (Å²) in [5.74, 6) is -0.0793. The van der Waals surface area contributed by atoms with Gasteiger partial charge in [-0.05, 0) is 38.8 Å². The van der Waals surface area contributed by atoms with Gasteiger partial charge in [-0.15, -0.1) is 0 Å². The van der Waals surface area contributed by atoms with Crippen LogP contribution in [0.2, 0.25) is 0 Å². The van der Waals surface area contributed by atoms with Crippen LogP contribution in [0.25, 0.3) is 0 Å². The van der Waals surface area contributed by atoms with Gasteiger partial charge in [0.05, 0.1) is 5.75 Å². The number of rotatable bonds is 5. The highest BCUT2D eigenvalue weighted by Gasteiger charge is 2.27. The average Bonchev–Trinajstić information content (AvgIpc) is 2.46. The molecule has 2 saturated heterocycles. The zero-order chi connectivity index (χ0) is 14.6. The van der Waals surface area contributed by atoms with E-state index < -0.39 is 10.0 Å². The zero-order valence-corrected chi connectivity index (χ0v) is 12.8. The van der Waals surface area contributed by atoms with Crippen molar-refractivity contribution in [1.82, 2.24) is 9.21 Å². The molecule has 7 heteroatoms. The van der Waals surface area contributed by atoms with Gasteiger partial charge in [-0.2, -0.15) is 0 Å². The first-order valence-electron chi connectivity index (χ1n) is 7.48. The number of likely N-dealkylation sites (tertiary alicyclic amines) is 1. The van der Waals surface area contributed by atoms with Crippen molar-refractivity contribution in [2.24, 2.45) is 11.7 Å². The minimum Gasteiger partial charge on any atom is -0.369 e. The van der Waals surface area contributed by atoms with Gasteiger partial charge < -0.3 is 10.6 Å². The van der Waals surface area contributed by atoms with Gasteiger partial charge in [-0.1, -0.05) is 6.42 Å². The van der Waals surface area contributed by atoms with Crippen LogP contribution in [0, 0.1) is 5.92 Å². The number of hydrogen-bond acceptors (Lipinski definition) is 4. The largest absolute Gasteiger partial charge is 0.369 e. The normalized spacial score (nSPS) is 23.8. The second-order valence-electron chi connectivity index (χ2n) is 5.79. The van der Waals surface area contributed by atoms with E-state index in [0.717, 1.165) is 45.2 Å². The van der Waals surface area contributed by atoms with Crippen molar-refractivity contribution in [2.45, 2.75) is 32.1 Å². The van der Waals surface area contributed by atoms with Crippen LogP contribution in [0.5, 0.6) is 0 Å². The number of carbonyl (C=O) groups is 1. The lowest BCUT2D eigenvalue weighted by molar-refractivity contribution is -0.123. The first-order valence-corrected chi connectivity index (χ1v) is 9.09. The van der Waals surface area contributed by atoms with E-state index in [1.165, 1.54) is 0 Å². The maximum Gasteiger partial charge on any atom is 0.220 e.